The van der Waals surface area contributed by atoms with Gasteiger partial charge in [-0.3, -0.25) is 19.8 Å². The summed E-state index contributed by atoms with van der Waals surface area (Å²) in [6.07, 6.45) is 0.882. The quantitative estimate of drug-likeness (QED) is 0.586. The molecule has 2 aromatic carbocycles. The minimum Gasteiger partial charge on any atom is -0.484 e. The first-order valence-electron chi connectivity index (χ1n) is 9.85. The molecule has 30 heavy (non-hydrogen) atoms. The third-order valence-electron chi connectivity index (χ3n) is 4.94. The second-order valence-corrected chi connectivity index (χ2v) is 8.34. The van der Waals surface area contributed by atoms with Gasteiger partial charge in [0.05, 0.1) is 5.69 Å². The van der Waals surface area contributed by atoms with Gasteiger partial charge in [-0.05, 0) is 36.8 Å². The molecule has 2 heterocycles. The molecule has 0 bridgehead atoms. The highest BCUT2D eigenvalue weighted by Crippen LogP contribution is 2.29. The highest BCUT2D eigenvalue weighted by atomic mass is 32.1. The molecule has 0 radical (unpaired) electrons. The Bertz CT molecular complexity index is 1030. The molecule has 0 spiro atoms. The van der Waals surface area contributed by atoms with E-state index in [1.807, 2.05) is 6.07 Å². The van der Waals surface area contributed by atoms with Gasteiger partial charge < -0.3 is 4.74 Å². The first-order valence-corrected chi connectivity index (χ1v) is 10.7. The zero-order chi connectivity index (χ0) is 20.9. The van der Waals surface area contributed by atoms with E-state index in [0.717, 1.165) is 31.7 Å². The summed E-state index contributed by atoms with van der Waals surface area (Å²) in [5.74, 6) is 0.289. The van der Waals surface area contributed by atoms with Gasteiger partial charge in [0.25, 0.3) is 5.91 Å². The van der Waals surface area contributed by atoms with Crippen LogP contribution in [0.4, 0.5) is 5.13 Å². The largest absolute Gasteiger partial charge is 0.484 e. The molecule has 1 aromatic heterocycles. The van der Waals surface area contributed by atoms with E-state index in [1.165, 1.54) is 28.7 Å². The van der Waals surface area contributed by atoms with Gasteiger partial charge in [-0.1, -0.05) is 30.3 Å². The molecule has 0 atom stereocenters. The van der Waals surface area contributed by atoms with Crippen molar-refractivity contribution in [3.8, 4) is 5.75 Å². The minimum atomic E-state index is -0.252. The molecule has 1 N–H and O–H groups in total. The Hall–Kier alpha value is -3.03. The zero-order valence-corrected chi connectivity index (χ0v) is 17.6. The van der Waals surface area contributed by atoms with Gasteiger partial charge >= 0.3 is 0 Å². The molecule has 0 aliphatic carbocycles. The van der Waals surface area contributed by atoms with Crippen LogP contribution in [0.1, 0.15) is 33.4 Å². The van der Waals surface area contributed by atoms with Crippen molar-refractivity contribution in [3.63, 3.8) is 0 Å². The van der Waals surface area contributed by atoms with Crippen LogP contribution >= 0.6 is 11.3 Å². The lowest BCUT2D eigenvalue weighted by Crippen LogP contribution is -2.29. The van der Waals surface area contributed by atoms with Crippen LogP contribution in [0, 0.1) is 0 Å². The maximum Gasteiger partial charge on any atom is 0.264 e. The fourth-order valence-corrected chi connectivity index (χ4v) is 4.44. The number of Topliss-reactive ketones (excluding diaryl/α,β-unsaturated/α-hetero) is 1. The van der Waals surface area contributed by atoms with Crippen LogP contribution in [-0.2, 0) is 24.3 Å². The SMILES string of the molecule is CC(=O)c1ccc(OCC(=O)Nc2nc3c(s2)CN(Cc2ccccc2)CC3)cc1. The Balaban J connectivity index is 1.29. The number of fused-ring (bicyclic) bond motifs is 1. The van der Waals surface area contributed by atoms with E-state index >= 15 is 0 Å². The van der Waals surface area contributed by atoms with Crippen LogP contribution in [0.2, 0.25) is 0 Å². The Labute approximate surface area is 179 Å². The molecule has 0 saturated carbocycles. The molecule has 154 valence electrons. The van der Waals surface area contributed by atoms with Crippen molar-refractivity contribution in [1.29, 1.82) is 0 Å². The molecule has 1 aliphatic heterocycles. The number of ketones is 1. The van der Waals surface area contributed by atoms with Crippen molar-refractivity contribution in [2.24, 2.45) is 0 Å². The van der Waals surface area contributed by atoms with Gasteiger partial charge in [-0.2, -0.15) is 0 Å². The summed E-state index contributed by atoms with van der Waals surface area (Å²) in [6, 6.07) is 17.2. The summed E-state index contributed by atoms with van der Waals surface area (Å²) in [4.78, 5) is 31.7. The molecular weight excluding hydrogens is 398 g/mol. The lowest BCUT2D eigenvalue weighted by Gasteiger charge is -2.25. The maximum absolute atomic E-state index is 12.2. The number of benzene rings is 2. The number of aromatic nitrogens is 1. The van der Waals surface area contributed by atoms with E-state index in [4.69, 9.17) is 4.74 Å². The Morgan fingerprint density at radius 2 is 1.90 bits per heavy atom. The number of nitrogens with zero attached hydrogens (tertiary/aromatic N) is 2. The summed E-state index contributed by atoms with van der Waals surface area (Å²) in [6.45, 7) is 4.12. The number of rotatable bonds is 7. The fourth-order valence-electron chi connectivity index (χ4n) is 3.37. The summed E-state index contributed by atoms with van der Waals surface area (Å²) >= 11 is 1.53. The van der Waals surface area contributed by atoms with Gasteiger partial charge in [0, 0.05) is 36.5 Å². The molecule has 6 nitrogen and oxygen atoms in total. The molecule has 0 unspecified atom stereocenters. The van der Waals surface area contributed by atoms with Crippen LogP contribution in [0.5, 0.6) is 5.75 Å². The first-order chi connectivity index (χ1) is 14.6. The first kappa shape index (κ1) is 20.3. The average Bonchev–Trinajstić information content (AvgIpc) is 3.14. The molecule has 1 aliphatic rings. The third kappa shape index (κ3) is 5.11. The summed E-state index contributed by atoms with van der Waals surface area (Å²) in [5, 5.41) is 3.45. The predicted octanol–water partition coefficient (Wildman–Crippen LogP) is 3.92. The second kappa shape index (κ2) is 9.19. The van der Waals surface area contributed by atoms with Crippen molar-refractivity contribution in [1.82, 2.24) is 9.88 Å². The molecule has 3 aromatic rings. The zero-order valence-electron chi connectivity index (χ0n) is 16.8. The van der Waals surface area contributed by atoms with Gasteiger partial charge in [0.2, 0.25) is 0 Å². The van der Waals surface area contributed by atoms with E-state index in [-0.39, 0.29) is 18.3 Å². The highest BCUT2D eigenvalue weighted by molar-refractivity contribution is 7.15. The van der Waals surface area contributed by atoms with Gasteiger partial charge in [-0.15, -0.1) is 11.3 Å². The number of hydrogen-bond acceptors (Lipinski definition) is 6. The number of carbonyl (C=O) groups excluding carboxylic acids is 2. The lowest BCUT2D eigenvalue weighted by atomic mass is 10.1. The number of carbonyl (C=O) groups is 2. The maximum atomic E-state index is 12.2. The summed E-state index contributed by atoms with van der Waals surface area (Å²) in [5.41, 5.74) is 2.98. The molecule has 0 saturated heterocycles. The highest BCUT2D eigenvalue weighted by Gasteiger charge is 2.21. The van der Waals surface area contributed by atoms with Crippen LogP contribution in [0.25, 0.3) is 0 Å². The number of hydrogen-bond donors (Lipinski definition) is 1. The summed E-state index contributed by atoms with van der Waals surface area (Å²) < 4.78 is 5.51. The summed E-state index contributed by atoms with van der Waals surface area (Å²) in [7, 11) is 0. The molecule has 1 amide bonds. The number of anilines is 1. The molecular formula is C23H23N3O3S. The van der Waals surface area contributed by atoms with Crippen LogP contribution in [0.3, 0.4) is 0 Å². The van der Waals surface area contributed by atoms with Gasteiger partial charge in [0.15, 0.2) is 17.5 Å². The van der Waals surface area contributed by atoms with E-state index in [0.29, 0.717) is 16.4 Å². The third-order valence-corrected chi connectivity index (χ3v) is 5.93. The number of nitrogens with one attached hydrogen (secondary N) is 1. The Morgan fingerprint density at radius 3 is 2.63 bits per heavy atom. The van der Waals surface area contributed by atoms with Crippen molar-refractivity contribution in [2.45, 2.75) is 26.4 Å². The molecule has 7 heteroatoms. The Morgan fingerprint density at radius 1 is 1.13 bits per heavy atom. The van der Waals surface area contributed by atoms with Crippen molar-refractivity contribution in [2.75, 3.05) is 18.5 Å². The number of amides is 1. The van der Waals surface area contributed by atoms with Crippen molar-refractivity contribution >= 4 is 28.2 Å². The van der Waals surface area contributed by atoms with Gasteiger partial charge in [0.1, 0.15) is 5.75 Å². The standard InChI is InChI=1S/C23H23N3O3S/c1-16(27)18-7-9-19(10-8-18)29-15-22(28)25-23-24-20-11-12-26(14-21(20)30-23)13-17-5-3-2-4-6-17/h2-10H,11-15H2,1H3,(H,24,25,28). The van der Waals surface area contributed by atoms with E-state index in [1.54, 1.807) is 24.3 Å². The number of thiazole rings is 1. The monoisotopic (exact) mass is 421 g/mol. The van der Waals surface area contributed by atoms with Crippen molar-refractivity contribution < 1.29 is 14.3 Å². The molecule has 0 fully saturated rings. The Kier molecular flexibility index (Phi) is 6.21. The molecule has 4 rings (SSSR count). The van der Waals surface area contributed by atoms with E-state index in [9.17, 15) is 9.59 Å². The minimum absolute atomic E-state index is 0.00522. The van der Waals surface area contributed by atoms with E-state index < -0.39 is 0 Å². The second-order valence-electron chi connectivity index (χ2n) is 7.25. The topological polar surface area (TPSA) is 71.5 Å². The van der Waals surface area contributed by atoms with E-state index in [2.05, 4.69) is 39.5 Å². The van der Waals surface area contributed by atoms with Gasteiger partial charge in [-0.25, -0.2) is 4.98 Å². The average molecular weight is 422 g/mol. The smallest absolute Gasteiger partial charge is 0.264 e. The van der Waals surface area contributed by atoms with Crippen LogP contribution < -0.4 is 10.1 Å². The van der Waals surface area contributed by atoms with Crippen LogP contribution in [0.15, 0.2) is 54.6 Å². The normalized spacial score (nSPS) is 13.5. The predicted molar refractivity (Wildman–Crippen MR) is 117 cm³/mol. The van der Waals surface area contributed by atoms with Crippen LogP contribution in [-0.4, -0.2) is 34.7 Å². The lowest BCUT2D eigenvalue weighted by molar-refractivity contribution is -0.118. The number of ether oxygens (including phenoxy) is 1. The van der Waals surface area contributed by atoms with Crippen molar-refractivity contribution in [3.05, 3.63) is 76.3 Å². The fraction of sp³-hybridized carbons (Fsp3) is 0.261.